The summed E-state index contributed by atoms with van der Waals surface area (Å²) in [5.74, 6) is 1.45. The summed E-state index contributed by atoms with van der Waals surface area (Å²) in [5, 5.41) is 3.37. The summed E-state index contributed by atoms with van der Waals surface area (Å²) in [7, 11) is 0. The minimum Gasteiger partial charge on any atom is -0.378 e. The number of aromatic nitrogens is 2. The third kappa shape index (κ3) is 4.11. The van der Waals surface area contributed by atoms with Crippen LogP contribution in [0.1, 0.15) is 0 Å². The molecule has 0 unspecified atom stereocenters. The monoisotopic (exact) mass is 368 g/mol. The van der Waals surface area contributed by atoms with Gasteiger partial charge in [-0.25, -0.2) is 4.98 Å². The molecule has 142 valence electrons. The van der Waals surface area contributed by atoms with E-state index < -0.39 is 0 Å². The van der Waals surface area contributed by atoms with Gasteiger partial charge in [0.2, 0.25) is 12.4 Å². The van der Waals surface area contributed by atoms with Gasteiger partial charge in [-0.2, -0.15) is 4.98 Å². The Balaban J connectivity index is 1.50. The van der Waals surface area contributed by atoms with E-state index in [2.05, 4.69) is 31.2 Å². The Morgan fingerprint density at radius 2 is 1.74 bits per heavy atom. The zero-order chi connectivity index (χ0) is 18.5. The number of para-hydroxylation sites is 2. The molecule has 1 amide bonds. The molecule has 2 aromatic rings. The van der Waals surface area contributed by atoms with E-state index in [4.69, 9.17) is 4.74 Å². The third-order valence-corrected chi connectivity index (χ3v) is 4.93. The van der Waals surface area contributed by atoms with Crippen LogP contribution in [0, 0.1) is 0 Å². The first kappa shape index (κ1) is 17.5. The lowest BCUT2D eigenvalue weighted by atomic mass is 10.2. The second kappa shape index (κ2) is 8.22. The number of nitrogens with one attached hydrogen (secondary N) is 1. The van der Waals surface area contributed by atoms with Gasteiger partial charge in [0.25, 0.3) is 0 Å². The lowest BCUT2D eigenvalue weighted by Crippen LogP contribution is -2.46. The van der Waals surface area contributed by atoms with Crippen LogP contribution in [-0.4, -0.2) is 73.8 Å². The number of carbonyl (C=O) groups excluding carboxylic acids is 1. The first-order valence-corrected chi connectivity index (χ1v) is 9.29. The van der Waals surface area contributed by atoms with Crippen LogP contribution in [0.4, 0.5) is 23.1 Å². The molecule has 0 radical (unpaired) electrons. The van der Waals surface area contributed by atoms with E-state index in [0.717, 1.165) is 76.1 Å². The molecule has 8 nitrogen and oxygen atoms in total. The van der Waals surface area contributed by atoms with Gasteiger partial charge in [-0.3, -0.25) is 4.79 Å². The largest absolute Gasteiger partial charge is 0.378 e. The van der Waals surface area contributed by atoms with E-state index in [1.165, 1.54) is 0 Å². The van der Waals surface area contributed by atoms with Crippen LogP contribution in [0.25, 0.3) is 0 Å². The number of ether oxygens (including phenoxy) is 1. The van der Waals surface area contributed by atoms with Crippen molar-refractivity contribution in [3.63, 3.8) is 0 Å². The normalized spacial score (nSPS) is 17.7. The number of piperazine rings is 1. The topological polar surface area (TPSA) is 73.8 Å². The fraction of sp³-hybridized carbons (Fsp3) is 0.421. The molecule has 3 heterocycles. The molecule has 27 heavy (non-hydrogen) atoms. The fourth-order valence-corrected chi connectivity index (χ4v) is 3.42. The van der Waals surface area contributed by atoms with E-state index in [-0.39, 0.29) is 0 Å². The van der Waals surface area contributed by atoms with Crippen LogP contribution in [0.2, 0.25) is 0 Å². The van der Waals surface area contributed by atoms with E-state index in [1.54, 1.807) is 11.1 Å². The van der Waals surface area contributed by atoms with Crippen LogP contribution in [-0.2, 0) is 9.53 Å². The van der Waals surface area contributed by atoms with Gasteiger partial charge in [-0.15, -0.1) is 0 Å². The van der Waals surface area contributed by atoms with Gasteiger partial charge in [0, 0.05) is 45.5 Å². The van der Waals surface area contributed by atoms with Crippen molar-refractivity contribution in [2.24, 2.45) is 0 Å². The summed E-state index contributed by atoms with van der Waals surface area (Å²) in [6.07, 6.45) is 2.68. The SMILES string of the molecule is O=CN1CCN(c2ccnc(Nc3ccccc3N3CCOCC3)n2)CC1. The Labute approximate surface area is 158 Å². The first-order valence-electron chi connectivity index (χ1n) is 9.29. The summed E-state index contributed by atoms with van der Waals surface area (Å²) < 4.78 is 5.46. The van der Waals surface area contributed by atoms with Crippen LogP contribution in [0.15, 0.2) is 36.5 Å². The number of rotatable bonds is 5. The molecule has 2 saturated heterocycles. The lowest BCUT2D eigenvalue weighted by molar-refractivity contribution is -0.118. The molecule has 8 heteroatoms. The quantitative estimate of drug-likeness (QED) is 0.798. The fourth-order valence-electron chi connectivity index (χ4n) is 3.42. The predicted octanol–water partition coefficient (Wildman–Crippen LogP) is 1.34. The molecule has 0 atom stereocenters. The first-order chi connectivity index (χ1) is 13.3. The van der Waals surface area contributed by atoms with E-state index in [1.807, 2.05) is 24.3 Å². The molecule has 0 saturated carbocycles. The summed E-state index contributed by atoms with van der Waals surface area (Å²) in [6, 6.07) is 10.1. The number of amides is 1. The molecule has 0 bridgehead atoms. The number of benzene rings is 1. The van der Waals surface area contributed by atoms with Gasteiger partial charge < -0.3 is 24.8 Å². The molecule has 0 aliphatic carbocycles. The molecular formula is C19H24N6O2. The van der Waals surface area contributed by atoms with Gasteiger partial charge in [-0.05, 0) is 18.2 Å². The van der Waals surface area contributed by atoms with Crippen LogP contribution in [0.5, 0.6) is 0 Å². The highest BCUT2D eigenvalue weighted by Gasteiger charge is 2.18. The molecular weight excluding hydrogens is 344 g/mol. The van der Waals surface area contributed by atoms with Crippen molar-refractivity contribution in [3.8, 4) is 0 Å². The molecule has 4 rings (SSSR count). The van der Waals surface area contributed by atoms with Crippen LogP contribution in [0.3, 0.4) is 0 Å². The second-order valence-corrected chi connectivity index (χ2v) is 6.61. The predicted molar refractivity (Wildman–Crippen MR) is 105 cm³/mol. The summed E-state index contributed by atoms with van der Waals surface area (Å²) >= 11 is 0. The van der Waals surface area contributed by atoms with Gasteiger partial charge >= 0.3 is 0 Å². The zero-order valence-electron chi connectivity index (χ0n) is 15.3. The van der Waals surface area contributed by atoms with Crippen molar-refractivity contribution >= 4 is 29.6 Å². The van der Waals surface area contributed by atoms with Gasteiger partial charge in [-0.1, -0.05) is 12.1 Å². The zero-order valence-corrected chi connectivity index (χ0v) is 15.3. The average Bonchev–Trinajstić information content (AvgIpc) is 2.75. The van der Waals surface area contributed by atoms with Crippen LogP contribution < -0.4 is 15.1 Å². The molecule has 2 aliphatic rings. The third-order valence-electron chi connectivity index (χ3n) is 4.93. The molecule has 2 fully saturated rings. The number of hydrogen-bond acceptors (Lipinski definition) is 7. The maximum Gasteiger partial charge on any atom is 0.229 e. The minimum absolute atomic E-state index is 0.575. The standard InChI is InChI=1S/C19H24N6O2/c26-15-23-7-9-25(10-8-23)18-5-6-20-19(22-18)21-16-3-1-2-4-17(16)24-11-13-27-14-12-24/h1-6,15H,7-14H2,(H,20,21,22). The van der Waals surface area contributed by atoms with Crippen molar-refractivity contribution in [2.75, 3.05) is 67.6 Å². The van der Waals surface area contributed by atoms with Crippen molar-refractivity contribution in [2.45, 2.75) is 0 Å². The Kier molecular flexibility index (Phi) is 5.34. The number of carbonyl (C=O) groups is 1. The average molecular weight is 368 g/mol. The Morgan fingerprint density at radius 1 is 0.963 bits per heavy atom. The van der Waals surface area contributed by atoms with Crippen molar-refractivity contribution in [1.82, 2.24) is 14.9 Å². The Hall–Kier alpha value is -2.87. The number of morpholine rings is 1. The highest BCUT2D eigenvalue weighted by atomic mass is 16.5. The van der Waals surface area contributed by atoms with E-state index in [9.17, 15) is 4.79 Å². The number of nitrogens with zero attached hydrogens (tertiary/aromatic N) is 5. The van der Waals surface area contributed by atoms with Crippen molar-refractivity contribution in [1.29, 1.82) is 0 Å². The summed E-state index contributed by atoms with van der Waals surface area (Å²) in [4.78, 5) is 26.2. The van der Waals surface area contributed by atoms with Crippen LogP contribution >= 0.6 is 0 Å². The smallest absolute Gasteiger partial charge is 0.229 e. The Bertz CT molecular complexity index is 772. The summed E-state index contributed by atoms with van der Waals surface area (Å²) in [6.45, 7) is 6.23. The highest BCUT2D eigenvalue weighted by Crippen LogP contribution is 2.28. The van der Waals surface area contributed by atoms with Gasteiger partial charge in [0.05, 0.1) is 24.6 Å². The molecule has 1 N–H and O–H groups in total. The van der Waals surface area contributed by atoms with Crippen molar-refractivity contribution < 1.29 is 9.53 Å². The Morgan fingerprint density at radius 3 is 2.52 bits per heavy atom. The molecule has 1 aromatic heterocycles. The van der Waals surface area contributed by atoms with Gasteiger partial charge in [0.1, 0.15) is 5.82 Å². The molecule has 0 spiro atoms. The van der Waals surface area contributed by atoms with E-state index >= 15 is 0 Å². The number of anilines is 4. The second-order valence-electron chi connectivity index (χ2n) is 6.61. The van der Waals surface area contributed by atoms with E-state index in [0.29, 0.717) is 5.95 Å². The van der Waals surface area contributed by atoms with Crippen molar-refractivity contribution in [3.05, 3.63) is 36.5 Å². The maximum atomic E-state index is 10.9. The number of hydrogen-bond donors (Lipinski definition) is 1. The lowest BCUT2D eigenvalue weighted by Gasteiger charge is -2.33. The molecule has 2 aliphatic heterocycles. The maximum absolute atomic E-state index is 10.9. The highest BCUT2D eigenvalue weighted by molar-refractivity contribution is 5.73. The molecule has 1 aromatic carbocycles. The minimum atomic E-state index is 0.575. The van der Waals surface area contributed by atoms with Gasteiger partial charge in [0.15, 0.2) is 0 Å². The summed E-state index contributed by atoms with van der Waals surface area (Å²) in [5.41, 5.74) is 2.12.